The first-order valence-electron chi connectivity index (χ1n) is 9.73. The summed E-state index contributed by atoms with van der Waals surface area (Å²) in [5, 5.41) is 5.48. The van der Waals surface area contributed by atoms with Crippen molar-refractivity contribution in [2.24, 2.45) is 0 Å². The SMILES string of the molecule is CCCCC1(c2ccc(F)cc2)NC(=O)N(CC(=O)Nc2cccc(SC)c2)C1=O. The number of benzene rings is 2. The van der Waals surface area contributed by atoms with E-state index in [4.69, 9.17) is 0 Å². The van der Waals surface area contributed by atoms with Gasteiger partial charge in [-0.05, 0) is 48.6 Å². The second-order valence-corrected chi connectivity index (χ2v) is 8.00. The fourth-order valence-electron chi connectivity index (χ4n) is 3.50. The number of halogens is 1. The van der Waals surface area contributed by atoms with Gasteiger partial charge in [-0.25, -0.2) is 9.18 Å². The van der Waals surface area contributed by atoms with Crippen molar-refractivity contribution in [3.63, 3.8) is 0 Å². The second kappa shape index (κ2) is 9.30. The Kier molecular flexibility index (Phi) is 6.77. The van der Waals surface area contributed by atoms with Gasteiger partial charge in [0.15, 0.2) is 0 Å². The maximum atomic E-state index is 13.4. The largest absolute Gasteiger partial charge is 0.325 e. The van der Waals surface area contributed by atoms with Crippen LogP contribution >= 0.6 is 11.8 Å². The molecule has 1 aliphatic heterocycles. The maximum Gasteiger partial charge on any atom is 0.325 e. The van der Waals surface area contributed by atoms with E-state index in [2.05, 4.69) is 10.6 Å². The number of unbranched alkanes of at least 4 members (excludes halogenated alkanes) is 1. The summed E-state index contributed by atoms with van der Waals surface area (Å²) in [7, 11) is 0. The number of rotatable bonds is 8. The third kappa shape index (κ3) is 4.48. The van der Waals surface area contributed by atoms with Gasteiger partial charge in [0.05, 0.1) is 0 Å². The molecule has 0 spiro atoms. The first kappa shape index (κ1) is 21.8. The molecule has 3 rings (SSSR count). The molecule has 1 heterocycles. The number of nitrogens with one attached hydrogen (secondary N) is 2. The Morgan fingerprint density at radius 1 is 1.20 bits per heavy atom. The van der Waals surface area contributed by atoms with Crippen molar-refractivity contribution in [1.82, 2.24) is 10.2 Å². The molecule has 1 atom stereocenters. The summed E-state index contributed by atoms with van der Waals surface area (Å²) in [5.41, 5.74) is -0.194. The Morgan fingerprint density at radius 3 is 2.60 bits per heavy atom. The molecule has 4 amide bonds. The van der Waals surface area contributed by atoms with Crippen LogP contribution in [0, 0.1) is 5.82 Å². The highest BCUT2D eigenvalue weighted by molar-refractivity contribution is 7.98. The molecule has 1 unspecified atom stereocenters. The summed E-state index contributed by atoms with van der Waals surface area (Å²) >= 11 is 1.54. The standard InChI is InChI=1S/C22H24FN3O3S/c1-3-4-12-22(15-8-10-16(23)11-9-15)20(28)26(21(29)25-22)14-19(27)24-17-6-5-7-18(13-17)30-2/h5-11,13H,3-4,12,14H2,1-2H3,(H,24,27)(H,25,29). The van der Waals surface area contributed by atoms with Crippen LogP contribution in [0.4, 0.5) is 14.9 Å². The van der Waals surface area contributed by atoms with E-state index in [0.717, 1.165) is 16.2 Å². The van der Waals surface area contributed by atoms with Crippen LogP contribution in [0.15, 0.2) is 53.4 Å². The first-order valence-corrected chi connectivity index (χ1v) is 11.0. The molecule has 30 heavy (non-hydrogen) atoms. The molecule has 2 aromatic rings. The number of thioether (sulfide) groups is 1. The molecule has 2 N–H and O–H groups in total. The van der Waals surface area contributed by atoms with Crippen LogP contribution in [-0.2, 0) is 15.1 Å². The van der Waals surface area contributed by atoms with Crippen molar-refractivity contribution in [2.75, 3.05) is 18.1 Å². The lowest BCUT2D eigenvalue weighted by molar-refractivity contribution is -0.134. The fourth-order valence-corrected chi connectivity index (χ4v) is 3.96. The molecule has 0 aliphatic carbocycles. The van der Waals surface area contributed by atoms with Crippen LogP contribution in [-0.4, -0.2) is 35.5 Å². The average molecular weight is 430 g/mol. The van der Waals surface area contributed by atoms with Gasteiger partial charge in [0, 0.05) is 10.6 Å². The highest BCUT2D eigenvalue weighted by atomic mass is 32.2. The summed E-state index contributed by atoms with van der Waals surface area (Å²) in [5.74, 6) is -1.40. The number of urea groups is 1. The maximum absolute atomic E-state index is 13.4. The van der Waals surface area contributed by atoms with Crippen molar-refractivity contribution in [3.8, 4) is 0 Å². The molecule has 1 fully saturated rings. The lowest BCUT2D eigenvalue weighted by atomic mass is 9.85. The molecule has 158 valence electrons. The zero-order chi connectivity index (χ0) is 21.7. The Hall–Kier alpha value is -2.87. The zero-order valence-electron chi connectivity index (χ0n) is 16.9. The van der Waals surface area contributed by atoms with E-state index in [1.807, 2.05) is 31.4 Å². The van der Waals surface area contributed by atoms with Gasteiger partial charge in [-0.2, -0.15) is 0 Å². The Labute approximate surface area is 179 Å². The summed E-state index contributed by atoms with van der Waals surface area (Å²) in [6.07, 6.45) is 3.80. The van der Waals surface area contributed by atoms with Gasteiger partial charge < -0.3 is 10.6 Å². The monoisotopic (exact) mass is 429 g/mol. The average Bonchev–Trinajstić information content (AvgIpc) is 2.98. The van der Waals surface area contributed by atoms with Gasteiger partial charge in [-0.3, -0.25) is 14.5 Å². The molecule has 6 nitrogen and oxygen atoms in total. The molecule has 0 radical (unpaired) electrons. The minimum absolute atomic E-state index is 0.369. The minimum Gasteiger partial charge on any atom is -0.324 e. The van der Waals surface area contributed by atoms with Crippen molar-refractivity contribution in [2.45, 2.75) is 36.6 Å². The fraction of sp³-hybridized carbons (Fsp3) is 0.318. The molecule has 1 saturated heterocycles. The number of carbonyl (C=O) groups excluding carboxylic acids is 3. The van der Waals surface area contributed by atoms with E-state index >= 15 is 0 Å². The van der Waals surface area contributed by atoms with Crippen LogP contribution in [0.5, 0.6) is 0 Å². The van der Waals surface area contributed by atoms with Crippen LogP contribution < -0.4 is 10.6 Å². The first-order chi connectivity index (χ1) is 14.4. The normalized spacial score (nSPS) is 18.4. The smallest absolute Gasteiger partial charge is 0.324 e. The van der Waals surface area contributed by atoms with Gasteiger partial charge in [0.1, 0.15) is 17.9 Å². The molecule has 0 bridgehead atoms. The molecule has 1 aliphatic rings. The third-order valence-electron chi connectivity index (χ3n) is 5.07. The van der Waals surface area contributed by atoms with Crippen LogP contribution in [0.2, 0.25) is 0 Å². The highest BCUT2D eigenvalue weighted by Crippen LogP contribution is 2.34. The Bertz CT molecular complexity index is 951. The van der Waals surface area contributed by atoms with E-state index in [1.165, 1.54) is 24.3 Å². The predicted molar refractivity (Wildman–Crippen MR) is 115 cm³/mol. The molecule has 0 aromatic heterocycles. The predicted octanol–water partition coefficient (Wildman–Crippen LogP) is 4.12. The molecular weight excluding hydrogens is 405 g/mol. The number of amides is 4. The number of hydrogen-bond donors (Lipinski definition) is 2. The number of imide groups is 1. The molecule has 0 saturated carbocycles. The van der Waals surface area contributed by atoms with Gasteiger partial charge in [0.25, 0.3) is 5.91 Å². The van der Waals surface area contributed by atoms with E-state index in [1.54, 1.807) is 17.8 Å². The lowest BCUT2D eigenvalue weighted by Crippen LogP contribution is -2.44. The molecular formula is C22H24FN3O3S. The van der Waals surface area contributed by atoms with Crippen molar-refractivity contribution < 1.29 is 18.8 Å². The number of anilines is 1. The highest BCUT2D eigenvalue weighted by Gasteiger charge is 2.52. The zero-order valence-corrected chi connectivity index (χ0v) is 17.7. The van der Waals surface area contributed by atoms with Gasteiger partial charge in [-0.1, -0.05) is 38.0 Å². The van der Waals surface area contributed by atoms with Crippen molar-refractivity contribution >= 4 is 35.3 Å². The van der Waals surface area contributed by atoms with Crippen molar-refractivity contribution in [3.05, 3.63) is 59.9 Å². The number of hydrogen-bond acceptors (Lipinski definition) is 4. The van der Waals surface area contributed by atoms with Gasteiger partial charge >= 0.3 is 6.03 Å². The number of nitrogens with zero attached hydrogens (tertiary/aromatic N) is 1. The van der Waals surface area contributed by atoms with Crippen LogP contribution in [0.3, 0.4) is 0 Å². The lowest BCUT2D eigenvalue weighted by Gasteiger charge is -2.27. The summed E-state index contributed by atoms with van der Waals surface area (Å²) in [6.45, 7) is 1.58. The van der Waals surface area contributed by atoms with Gasteiger partial charge in [0.2, 0.25) is 5.91 Å². The van der Waals surface area contributed by atoms with Crippen LogP contribution in [0.25, 0.3) is 0 Å². The van der Waals surface area contributed by atoms with E-state index < -0.39 is 35.7 Å². The summed E-state index contributed by atoms with van der Waals surface area (Å²) in [6, 6.07) is 12.2. The minimum atomic E-state index is -1.29. The third-order valence-corrected chi connectivity index (χ3v) is 5.80. The number of carbonyl (C=O) groups is 3. The van der Waals surface area contributed by atoms with Crippen molar-refractivity contribution in [1.29, 1.82) is 0 Å². The topological polar surface area (TPSA) is 78.5 Å². The van der Waals surface area contributed by atoms with E-state index in [0.29, 0.717) is 24.1 Å². The molecule has 8 heteroatoms. The Morgan fingerprint density at radius 2 is 1.93 bits per heavy atom. The van der Waals surface area contributed by atoms with Crippen LogP contribution in [0.1, 0.15) is 31.7 Å². The quantitative estimate of drug-likeness (QED) is 0.489. The second-order valence-electron chi connectivity index (χ2n) is 7.12. The summed E-state index contributed by atoms with van der Waals surface area (Å²) in [4.78, 5) is 40.3. The van der Waals surface area contributed by atoms with Gasteiger partial charge in [-0.15, -0.1) is 11.8 Å². The summed E-state index contributed by atoms with van der Waals surface area (Å²) < 4.78 is 13.4. The molecule has 2 aromatic carbocycles. The Balaban J connectivity index is 1.80. The van der Waals surface area contributed by atoms with E-state index in [-0.39, 0.29) is 0 Å². The van der Waals surface area contributed by atoms with E-state index in [9.17, 15) is 18.8 Å².